The molecule has 0 aliphatic rings. The molecule has 21 heavy (non-hydrogen) atoms. The number of halogens is 2. The molecule has 0 spiro atoms. The summed E-state index contributed by atoms with van der Waals surface area (Å²) in [7, 11) is 4.09. The summed E-state index contributed by atoms with van der Waals surface area (Å²) < 4.78 is 0. The second-order valence-corrected chi connectivity index (χ2v) is 6.19. The van der Waals surface area contributed by atoms with E-state index in [9.17, 15) is 0 Å². The van der Waals surface area contributed by atoms with Gasteiger partial charge in [-0.05, 0) is 43.2 Å². The van der Waals surface area contributed by atoms with Crippen molar-refractivity contribution in [1.82, 2.24) is 0 Å². The lowest BCUT2D eigenvalue weighted by atomic mass is 10.1. The molecule has 0 fully saturated rings. The van der Waals surface area contributed by atoms with Crippen molar-refractivity contribution in [2.24, 2.45) is 0 Å². The van der Waals surface area contributed by atoms with Crippen LogP contribution in [0.3, 0.4) is 0 Å². The normalized spacial score (nSPS) is 12.1. The maximum Gasteiger partial charge on any atom is 0.0644 e. The molecular weight excluding hydrogens is 303 g/mol. The third-order valence-electron chi connectivity index (χ3n) is 3.52. The van der Waals surface area contributed by atoms with Crippen LogP contribution in [0.25, 0.3) is 0 Å². The Balaban J connectivity index is 2.25. The minimum absolute atomic E-state index is 0.0777. The van der Waals surface area contributed by atoms with Crippen LogP contribution in [0.4, 0.5) is 11.4 Å². The number of rotatable bonds is 4. The zero-order valence-corrected chi connectivity index (χ0v) is 14.3. The SMILES string of the molecule is Cc1ccc(NC(C)c2cccc(Cl)c2Cl)cc1N(C)C. The van der Waals surface area contributed by atoms with E-state index in [0.29, 0.717) is 10.0 Å². The monoisotopic (exact) mass is 322 g/mol. The third-order valence-corrected chi connectivity index (χ3v) is 4.36. The predicted molar refractivity (Wildman–Crippen MR) is 94.0 cm³/mol. The number of hydrogen-bond donors (Lipinski definition) is 1. The molecule has 2 rings (SSSR count). The number of aryl methyl sites for hydroxylation is 1. The maximum atomic E-state index is 6.28. The summed E-state index contributed by atoms with van der Waals surface area (Å²) in [4.78, 5) is 2.11. The summed E-state index contributed by atoms with van der Waals surface area (Å²) in [6, 6.07) is 12.1. The summed E-state index contributed by atoms with van der Waals surface area (Å²) in [5.41, 5.74) is 4.51. The van der Waals surface area contributed by atoms with Gasteiger partial charge in [-0.3, -0.25) is 0 Å². The van der Waals surface area contributed by atoms with Crippen LogP contribution < -0.4 is 10.2 Å². The first kappa shape index (κ1) is 16.0. The van der Waals surface area contributed by atoms with Crippen molar-refractivity contribution in [3.63, 3.8) is 0 Å². The summed E-state index contributed by atoms with van der Waals surface area (Å²) >= 11 is 12.4. The largest absolute Gasteiger partial charge is 0.378 e. The van der Waals surface area contributed by atoms with E-state index in [1.807, 2.05) is 26.2 Å². The maximum absolute atomic E-state index is 6.28. The van der Waals surface area contributed by atoms with Gasteiger partial charge in [0.25, 0.3) is 0 Å². The number of nitrogens with zero attached hydrogens (tertiary/aromatic N) is 1. The van der Waals surface area contributed by atoms with E-state index in [2.05, 4.69) is 42.3 Å². The second-order valence-electron chi connectivity index (χ2n) is 5.40. The standard InChI is InChI=1S/C17H20Cl2N2/c1-11-8-9-13(10-16(11)21(3)4)20-12(2)14-6-5-7-15(18)17(14)19/h5-10,12,20H,1-4H3. The molecular formula is C17H20Cl2N2. The average molecular weight is 323 g/mol. The van der Waals surface area contributed by atoms with Gasteiger partial charge in [0.05, 0.1) is 16.1 Å². The number of benzene rings is 2. The van der Waals surface area contributed by atoms with Crippen molar-refractivity contribution in [2.45, 2.75) is 19.9 Å². The highest BCUT2D eigenvalue weighted by Gasteiger charge is 2.12. The van der Waals surface area contributed by atoms with E-state index in [1.165, 1.54) is 11.3 Å². The van der Waals surface area contributed by atoms with Crippen molar-refractivity contribution in [1.29, 1.82) is 0 Å². The van der Waals surface area contributed by atoms with E-state index in [-0.39, 0.29) is 6.04 Å². The lowest BCUT2D eigenvalue weighted by Gasteiger charge is -2.21. The number of hydrogen-bond acceptors (Lipinski definition) is 2. The molecule has 2 aromatic carbocycles. The molecule has 4 heteroatoms. The number of nitrogens with one attached hydrogen (secondary N) is 1. The highest BCUT2D eigenvalue weighted by Crippen LogP contribution is 2.32. The van der Waals surface area contributed by atoms with E-state index >= 15 is 0 Å². The second kappa shape index (κ2) is 6.59. The minimum atomic E-state index is 0.0777. The molecule has 2 nitrogen and oxygen atoms in total. The molecule has 0 saturated heterocycles. The van der Waals surface area contributed by atoms with E-state index in [4.69, 9.17) is 23.2 Å². The fraction of sp³-hybridized carbons (Fsp3) is 0.294. The molecule has 0 amide bonds. The smallest absolute Gasteiger partial charge is 0.0644 e. The van der Waals surface area contributed by atoms with Crippen molar-refractivity contribution in [3.05, 3.63) is 57.6 Å². The van der Waals surface area contributed by atoms with E-state index in [1.54, 1.807) is 6.07 Å². The van der Waals surface area contributed by atoms with Crippen LogP contribution in [0.5, 0.6) is 0 Å². The third kappa shape index (κ3) is 3.63. The molecule has 0 bridgehead atoms. The Morgan fingerprint density at radius 3 is 2.48 bits per heavy atom. The van der Waals surface area contributed by atoms with Crippen LogP contribution in [0.15, 0.2) is 36.4 Å². The first-order valence-corrected chi connectivity index (χ1v) is 7.64. The van der Waals surface area contributed by atoms with Crippen molar-refractivity contribution in [2.75, 3.05) is 24.3 Å². The fourth-order valence-corrected chi connectivity index (χ4v) is 2.84. The van der Waals surface area contributed by atoms with Crippen LogP contribution >= 0.6 is 23.2 Å². The summed E-state index contributed by atoms with van der Waals surface area (Å²) in [5.74, 6) is 0. The molecule has 0 heterocycles. The van der Waals surface area contributed by atoms with Gasteiger partial charge in [-0.25, -0.2) is 0 Å². The van der Waals surface area contributed by atoms with Crippen LogP contribution in [0.2, 0.25) is 10.0 Å². The van der Waals surface area contributed by atoms with Crippen molar-refractivity contribution >= 4 is 34.6 Å². The topological polar surface area (TPSA) is 15.3 Å². The highest BCUT2D eigenvalue weighted by molar-refractivity contribution is 6.42. The Hall–Kier alpha value is -1.38. The van der Waals surface area contributed by atoms with Gasteiger partial charge in [-0.1, -0.05) is 41.4 Å². The summed E-state index contributed by atoms with van der Waals surface area (Å²) in [6.45, 7) is 4.18. The highest BCUT2D eigenvalue weighted by atomic mass is 35.5. The van der Waals surface area contributed by atoms with Crippen LogP contribution in [0, 0.1) is 6.92 Å². The van der Waals surface area contributed by atoms with Crippen LogP contribution in [0.1, 0.15) is 24.1 Å². The van der Waals surface area contributed by atoms with Crippen LogP contribution in [-0.4, -0.2) is 14.1 Å². The van der Waals surface area contributed by atoms with Gasteiger partial charge in [0.2, 0.25) is 0 Å². The van der Waals surface area contributed by atoms with Gasteiger partial charge >= 0.3 is 0 Å². The average Bonchev–Trinajstić information content (AvgIpc) is 2.43. The first-order valence-electron chi connectivity index (χ1n) is 6.88. The fourth-order valence-electron chi connectivity index (χ4n) is 2.36. The van der Waals surface area contributed by atoms with Crippen molar-refractivity contribution in [3.8, 4) is 0 Å². The van der Waals surface area contributed by atoms with Gasteiger partial charge in [-0.2, -0.15) is 0 Å². The minimum Gasteiger partial charge on any atom is -0.378 e. The molecule has 1 atom stereocenters. The van der Waals surface area contributed by atoms with Gasteiger partial charge in [0, 0.05) is 25.5 Å². The van der Waals surface area contributed by atoms with Gasteiger partial charge in [0.1, 0.15) is 0 Å². The molecule has 1 N–H and O–H groups in total. The number of anilines is 2. The Morgan fingerprint density at radius 2 is 1.81 bits per heavy atom. The molecule has 0 radical (unpaired) electrons. The quantitative estimate of drug-likeness (QED) is 0.794. The van der Waals surface area contributed by atoms with Crippen molar-refractivity contribution < 1.29 is 0 Å². The zero-order chi connectivity index (χ0) is 15.6. The van der Waals surface area contributed by atoms with Crippen LogP contribution in [-0.2, 0) is 0 Å². The Bertz CT molecular complexity index is 639. The van der Waals surface area contributed by atoms with Gasteiger partial charge < -0.3 is 10.2 Å². The molecule has 112 valence electrons. The lowest BCUT2D eigenvalue weighted by Crippen LogP contribution is -2.12. The molecule has 0 aromatic heterocycles. The Labute approximate surface area is 136 Å². The van der Waals surface area contributed by atoms with E-state index in [0.717, 1.165) is 11.3 Å². The zero-order valence-electron chi connectivity index (χ0n) is 12.7. The molecule has 0 aliphatic heterocycles. The molecule has 0 saturated carbocycles. The lowest BCUT2D eigenvalue weighted by molar-refractivity contribution is 0.884. The molecule has 2 aromatic rings. The van der Waals surface area contributed by atoms with Gasteiger partial charge in [0.15, 0.2) is 0 Å². The summed E-state index contributed by atoms with van der Waals surface area (Å²) in [6.07, 6.45) is 0. The van der Waals surface area contributed by atoms with Gasteiger partial charge in [-0.15, -0.1) is 0 Å². The Morgan fingerprint density at radius 1 is 1.10 bits per heavy atom. The first-order chi connectivity index (χ1) is 9.90. The molecule has 1 unspecified atom stereocenters. The predicted octanol–water partition coefficient (Wildman–Crippen LogP) is 5.54. The molecule has 0 aliphatic carbocycles. The summed E-state index contributed by atoms with van der Waals surface area (Å²) in [5, 5.41) is 4.67. The van der Waals surface area contributed by atoms with E-state index < -0.39 is 0 Å². The Kier molecular flexibility index (Phi) is 5.02.